The van der Waals surface area contributed by atoms with Gasteiger partial charge in [0.1, 0.15) is 5.82 Å². The Morgan fingerprint density at radius 2 is 1.74 bits per heavy atom. The Morgan fingerprint density at radius 1 is 1.16 bits per heavy atom. The molecule has 2 rings (SSSR count). The first kappa shape index (κ1) is 13.3. The van der Waals surface area contributed by atoms with Gasteiger partial charge in [0.05, 0.1) is 19.5 Å². The fraction of sp³-hybridized carbons (Fsp3) is 0.286. The van der Waals surface area contributed by atoms with E-state index in [2.05, 4.69) is 15.3 Å². The van der Waals surface area contributed by atoms with Crippen molar-refractivity contribution < 1.29 is 9.13 Å². The Kier molecular flexibility index (Phi) is 3.94. The lowest BCUT2D eigenvalue weighted by molar-refractivity contribution is 0.411. The summed E-state index contributed by atoms with van der Waals surface area (Å²) in [6.07, 6.45) is 3.19. The summed E-state index contributed by atoms with van der Waals surface area (Å²) in [6.45, 7) is 4.07. The van der Waals surface area contributed by atoms with Gasteiger partial charge in [-0.05, 0) is 30.5 Å². The number of halogens is 1. The SMILES string of the molecule is COc1cnc(NCc2cc(C)c(F)c(C)c2)nc1. The average Bonchev–Trinajstić information content (AvgIpc) is 2.43. The van der Waals surface area contributed by atoms with Crippen LogP contribution in [0.1, 0.15) is 16.7 Å². The lowest BCUT2D eigenvalue weighted by atomic mass is 10.1. The molecule has 0 bridgehead atoms. The Balaban J connectivity index is 2.05. The number of rotatable bonds is 4. The van der Waals surface area contributed by atoms with Crippen molar-refractivity contribution in [3.05, 3.63) is 47.0 Å². The monoisotopic (exact) mass is 261 g/mol. The van der Waals surface area contributed by atoms with E-state index in [1.807, 2.05) is 12.1 Å². The van der Waals surface area contributed by atoms with Crippen LogP contribution in [0.25, 0.3) is 0 Å². The minimum atomic E-state index is -0.149. The molecule has 0 radical (unpaired) electrons. The largest absolute Gasteiger partial charge is 0.494 e. The number of nitrogens with zero attached hydrogens (tertiary/aromatic N) is 2. The zero-order chi connectivity index (χ0) is 13.8. The van der Waals surface area contributed by atoms with E-state index in [0.29, 0.717) is 29.4 Å². The molecular formula is C14H16FN3O. The van der Waals surface area contributed by atoms with Gasteiger partial charge in [-0.15, -0.1) is 0 Å². The van der Waals surface area contributed by atoms with Gasteiger partial charge < -0.3 is 10.1 Å². The Hall–Kier alpha value is -2.17. The molecule has 0 unspecified atom stereocenters. The number of aryl methyl sites for hydroxylation is 2. The third-order valence-corrected chi connectivity index (χ3v) is 2.81. The highest BCUT2D eigenvalue weighted by Gasteiger charge is 2.04. The Morgan fingerprint density at radius 3 is 2.26 bits per heavy atom. The molecule has 0 atom stereocenters. The normalized spacial score (nSPS) is 10.3. The summed E-state index contributed by atoms with van der Waals surface area (Å²) < 4.78 is 18.5. The molecular weight excluding hydrogens is 245 g/mol. The van der Waals surface area contributed by atoms with Gasteiger partial charge in [0, 0.05) is 6.54 Å². The molecule has 4 nitrogen and oxygen atoms in total. The quantitative estimate of drug-likeness (QED) is 0.919. The van der Waals surface area contributed by atoms with Crippen molar-refractivity contribution in [2.75, 3.05) is 12.4 Å². The Labute approximate surface area is 111 Å². The summed E-state index contributed by atoms with van der Waals surface area (Å²) in [5.74, 6) is 0.976. The van der Waals surface area contributed by atoms with Gasteiger partial charge in [0.2, 0.25) is 5.95 Å². The summed E-state index contributed by atoms with van der Waals surface area (Å²) >= 11 is 0. The van der Waals surface area contributed by atoms with Crippen LogP contribution in [0.15, 0.2) is 24.5 Å². The number of hydrogen-bond donors (Lipinski definition) is 1. The van der Waals surface area contributed by atoms with Crippen molar-refractivity contribution in [2.45, 2.75) is 20.4 Å². The molecule has 2 aromatic rings. The van der Waals surface area contributed by atoms with Crippen LogP contribution in [-0.4, -0.2) is 17.1 Å². The molecule has 1 N–H and O–H groups in total. The van der Waals surface area contributed by atoms with Gasteiger partial charge >= 0.3 is 0 Å². The molecule has 1 aromatic carbocycles. The summed E-state index contributed by atoms with van der Waals surface area (Å²) in [5.41, 5.74) is 2.29. The molecule has 0 aliphatic carbocycles. The van der Waals surface area contributed by atoms with Crippen LogP contribution >= 0.6 is 0 Å². The first-order valence-electron chi connectivity index (χ1n) is 5.95. The van der Waals surface area contributed by atoms with Crippen molar-refractivity contribution in [1.29, 1.82) is 0 Å². The second-order valence-corrected chi connectivity index (χ2v) is 4.34. The topological polar surface area (TPSA) is 47.0 Å². The van der Waals surface area contributed by atoms with Gasteiger partial charge in [-0.3, -0.25) is 0 Å². The standard InChI is InChI=1S/C14H16FN3O/c1-9-4-11(5-10(2)13(9)15)6-16-14-17-7-12(19-3)8-18-14/h4-5,7-8H,6H2,1-3H3,(H,16,17,18). The maximum absolute atomic E-state index is 13.5. The molecule has 0 aliphatic heterocycles. The van der Waals surface area contributed by atoms with Gasteiger partial charge in [-0.1, -0.05) is 12.1 Å². The van der Waals surface area contributed by atoms with E-state index in [9.17, 15) is 4.39 Å². The highest BCUT2D eigenvalue weighted by atomic mass is 19.1. The zero-order valence-corrected chi connectivity index (χ0v) is 11.2. The maximum atomic E-state index is 13.5. The van der Waals surface area contributed by atoms with E-state index in [1.165, 1.54) is 0 Å². The number of aromatic nitrogens is 2. The predicted molar refractivity (Wildman–Crippen MR) is 71.8 cm³/mol. The van der Waals surface area contributed by atoms with Gasteiger partial charge in [-0.2, -0.15) is 0 Å². The molecule has 0 amide bonds. The average molecular weight is 261 g/mol. The third kappa shape index (κ3) is 3.19. The maximum Gasteiger partial charge on any atom is 0.223 e. The molecule has 0 spiro atoms. The van der Waals surface area contributed by atoms with Crippen molar-refractivity contribution in [1.82, 2.24) is 9.97 Å². The molecule has 1 aromatic heterocycles. The van der Waals surface area contributed by atoms with E-state index in [-0.39, 0.29) is 5.82 Å². The Bertz CT molecular complexity index is 546. The summed E-state index contributed by atoms with van der Waals surface area (Å²) in [4.78, 5) is 8.21. The lowest BCUT2D eigenvalue weighted by Crippen LogP contribution is -2.04. The minimum Gasteiger partial charge on any atom is -0.494 e. The fourth-order valence-electron chi connectivity index (χ4n) is 1.83. The van der Waals surface area contributed by atoms with Crippen LogP contribution in [0, 0.1) is 19.7 Å². The van der Waals surface area contributed by atoms with E-state index < -0.39 is 0 Å². The number of nitrogens with one attached hydrogen (secondary N) is 1. The second-order valence-electron chi connectivity index (χ2n) is 4.34. The minimum absolute atomic E-state index is 0.149. The van der Waals surface area contributed by atoms with Crippen LogP contribution < -0.4 is 10.1 Å². The third-order valence-electron chi connectivity index (χ3n) is 2.81. The highest BCUT2D eigenvalue weighted by molar-refractivity contribution is 5.34. The van der Waals surface area contributed by atoms with Crippen molar-refractivity contribution in [2.24, 2.45) is 0 Å². The van der Waals surface area contributed by atoms with Gasteiger partial charge in [0.25, 0.3) is 0 Å². The molecule has 0 saturated heterocycles. The van der Waals surface area contributed by atoms with Crippen LogP contribution in [0.2, 0.25) is 0 Å². The summed E-state index contributed by atoms with van der Waals surface area (Å²) in [6, 6.07) is 3.64. The van der Waals surface area contributed by atoms with Gasteiger partial charge in [-0.25, -0.2) is 14.4 Å². The van der Waals surface area contributed by atoms with Crippen molar-refractivity contribution >= 4 is 5.95 Å². The van der Waals surface area contributed by atoms with Crippen molar-refractivity contribution in [3.63, 3.8) is 0 Å². The highest BCUT2D eigenvalue weighted by Crippen LogP contribution is 2.15. The predicted octanol–water partition coefficient (Wildman–Crippen LogP) is 2.85. The fourth-order valence-corrected chi connectivity index (χ4v) is 1.83. The van der Waals surface area contributed by atoms with E-state index in [4.69, 9.17) is 4.74 Å². The number of ether oxygens (including phenoxy) is 1. The number of methoxy groups -OCH3 is 1. The second kappa shape index (κ2) is 5.65. The van der Waals surface area contributed by atoms with Crippen molar-refractivity contribution in [3.8, 4) is 5.75 Å². The molecule has 19 heavy (non-hydrogen) atoms. The van der Waals surface area contributed by atoms with Crippen LogP contribution in [0.5, 0.6) is 5.75 Å². The molecule has 100 valence electrons. The molecule has 5 heteroatoms. The number of anilines is 1. The van der Waals surface area contributed by atoms with Gasteiger partial charge in [0.15, 0.2) is 5.75 Å². The molecule has 0 aliphatic rings. The van der Waals surface area contributed by atoms with E-state index >= 15 is 0 Å². The lowest BCUT2D eigenvalue weighted by Gasteiger charge is -2.08. The molecule has 0 fully saturated rings. The van der Waals surface area contributed by atoms with E-state index in [0.717, 1.165) is 5.56 Å². The zero-order valence-electron chi connectivity index (χ0n) is 11.2. The summed E-state index contributed by atoms with van der Waals surface area (Å²) in [5, 5.41) is 3.09. The van der Waals surface area contributed by atoms with Crippen LogP contribution in [-0.2, 0) is 6.54 Å². The molecule has 0 saturated carbocycles. The summed E-state index contributed by atoms with van der Waals surface area (Å²) in [7, 11) is 1.57. The number of hydrogen-bond acceptors (Lipinski definition) is 4. The number of benzene rings is 1. The molecule has 1 heterocycles. The first-order valence-corrected chi connectivity index (χ1v) is 5.95. The van der Waals surface area contributed by atoms with Crippen LogP contribution in [0.4, 0.5) is 10.3 Å². The van der Waals surface area contributed by atoms with Crippen LogP contribution in [0.3, 0.4) is 0 Å². The smallest absolute Gasteiger partial charge is 0.223 e. The first-order chi connectivity index (χ1) is 9.10. The van der Waals surface area contributed by atoms with E-state index in [1.54, 1.807) is 33.4 Å².